The highest BCUT2D eigenvalue weighted by Gasteiger charge is 2.33. The van der Waals surface area contributed by atoms with Crippen LogP contribution in [0.1, 0.15) is 16.7 Å². The first kappa shape index (κ1) is 22.8. The monoisotopic (exact) mass is 442 g/mol. The molecule has 1 aromatic heterocycles. The lowest BCUT2D eigenvalue weighted by Gasteiger charge is -2.17. The topological polar surface area (TPSA) is 67.2 Å². The molecule has 0 saturated heterocycles. The summed E-state index contributed by atoms with van der Waals surface area (Å²) in [4.78, 5) is 25.5. The number of halogens is 3. The Hall–Kier alpha value is -3.88. The van der Waals surface area contributed by atoms with Gasteiger partial charge in [0, 0.05) is 24.9 Å². The summed E-state index contributed by atoms with van der Waals surface area (Å²) in [6.45, 7) is 0.185. The van der Waals surface area contributed by atoms with Crippen molar-refractivity contribution in [3.63, 3.8) is 0 Å². The summed E-state index contributed by atoms with van der Waals surface area (Å²) in [6, 6.07) is 14.4. The molecule has 0 bridgehead atoms. The van der Waals surface area contributed by atoms with Crippen molar-refractivity contribution in [3.8, 4) is 0 Å². The fourth-order valence-electron chi connectivity index (χ4n) is 2.94. The average molecular weight is 442 g/mol. The fourth-order valence-corrected chi connectivity index (χ4v) is 2.94. The number of nitrogens with zero attached hydrogens (tertiary/aromatic N) is 3. The number of para-hydroxylation sites is 1. The second-order valence-electron chi connectivity index (χ2n) is 7.08. The average Bonchev–Trinajstić information content (AvgIpc) is 3.19. The van der Waals surface area contributed by atoms with Crippen LogP contribution in [0.2, 0.25) is 0 Å². The molecular weight excluding hydrogens is 421 g/mol. The van der Waals surface area contributed by atoms with Crippen molar-refractivity contribution in [2.24, 2.45) is 0 Å². The zero-order chi connectivity index (χ0) is 23.1. The number of amides is 2. The zero-order valence-corrected chi connectivity index (χ0v) is 17.2. The van der Waals surface area contributed by atoms with Gasteiger partial charge in [-0.25, -0.2) is 0 Å². The van der Waals surface area contributed by atoms with Crippen LogP contribution in [0.3, 0.4) is 0 Å². The molecular formula is C23H21F3N4O2. The molecule has 0 aliphatic heterocycles. The Balaban J connectivity index is 1.55. The molecule has 3 aromatic rings. The van der Waals surface area contributed by atoms with Crippen LogP contribution in [0.15, 0.2) is 73.1 Å². The van der Waals surface area contributed by atoms with Crippen molar-refractivity contribution in [1.29, 1.82) is 0 Å². The third-order valence-electron chi connectivity index (χ3n) is 4.52. The number of carbonyl (C=O) groups is 2. The number of aromatic nitrogens is 2. The summed E-state index contributed by atoms with van der Waals surface area (Å²) in [5, 5.41) is 6.45. The van der Waals surface area contributed by atoms with E-state index in [1.165, 1.54) is 25.3 Å². The Kier molecular flexibility index (Phi) is 7.09. The first-order valence-corrected chi connectivity index (χ1v) is 9.68. The molecule has 3 rings (SSSR count). The molecule has 0 atom stereocenters. The van der Waals surface area contributed by atoms with Crippen LogP contribution in [0, 0.1) is 0 Å². The van der Waals surface area contributed by atoms with E-state index in [2.05, 4.69) is 10.4 Å². The number of likely N-dealkylation sites (N-methyl/N-ethyl adjacent to an activating group) is 1. The van der Waals surface area contributed by atoms with Crippen LogP contribution in [0.5, 0.6) is 0 Å². The Labute approximate surface area is 183 Å². The number of hydrogen-bond acceptors (Lipinski definition) is 3. The molecule has 1 N–H and O–H groups in total. The van der Waals surface area contributed by atoms with Gasteiger partial charge in [-0.1, -0.05) is 42.5 Å². The maximum Gasteiger partial charge on any atom is 0.418 e. The maximum absolute atomic E-state index is 13.0. The molecule has 0 spiro atoms. The highest BCUT2D eigenvalue weighted by Crippen LogP contribution is 2.34. The minimum Gasteiger partial charge on any atom is -0.333 e. The molecule has 0 unspecified atom stereocenters. The van der Waals surface area contributed by atoms with Gasteiger partial charge in [-0.2, -0.15) is 18.3 Å². The molecule has 9 heteroatoms. The van der Waals surface area contributed by atoms with E-state index in [9.17, 15) is 22.8 Å². The van der Waals surface area contributed by atoms with Gasteiger partial charge in [0.05, 0.1) is 30.5 Å². The summed E-state index contributed by atoms with van der Waals surface area (Å²) in [7, 11) is 1.39. The Morgan fingerprint density at radius 1 is 1.09 bits per heavy atom. The summed E-state index contributed by atoms with van der Waals surface area (Å²) in [5.41, 5.74) is 0.480. The molecule has 0 radical (unpaired) electrons. The van der Waals surface area contributed by atoms with Gasteiger partial charge >= 0.3 is 6.18 Å². The van der Waals surface area contributed by atoms with Gasteiger partial charge < -0.3 is 10.2 Å². The number of anilines is 1. The van der Waals surface area contributed by atoms with E-state index in [1.807, 2.05) is 30.3 Å². The lowest BCUT2D eigenvalue weighted by Crippen LogP contribution is -2.34. The first-order valence-electron chi connectivity index (χ1n) is 9.68. The van der Waals surface area contributed by atoms with E-state index >= 15 is 0 Å². The third kappa shape index (κ3) is 6.31. The Morgan fingerprint density at radius 2 is 1.78 bits per heavy atom. The molecule has 0 fully saturated rings. The van der Waals surface area contributed by atoms with Gasteiger partial charge in [0.15, 0.2) is 0 Å². The predicted octanol–water partition coefficient (Wildman–Crippen LogP) is 4.06. The van der Waals surface area contributed by atoms with Crippen molar-refractivity contribution >= 4 is 23.6 Å². The summed E-state index contributed by atoms with van der Waals surface area (Å²) >= 11 is 0. The number of nitrogens with one attached hydrogen (secondary N) is 1. The number of benzene rings is 2. The van der Waals surface area contributed by atoms with E-state index in [0.717, 1.165) is 22.6 Å². The third-order valence-corrected chi connectivity index (χ3v) is 4.52. The molecule has 6 nitrogen and oxygen atoms in total. The fraction of sp³-hybridized carbons (Fsp3) is 0.174. The largest absolute Gasteiger partial charge is 0.418 e. The molecule has 0 aliphatic carbocycles. The van der Waals surface area contributed by atoms with E-state index in [4.69, 9.17) is 0 Å². The van der Waals surface area contributed by atoms with Gasteiger partial charge in [0.1, 0.15) is 0 Å². The SMILES string of the molecule is CN(CC(=O)Nc1ccccc1C(F)(F)F)C(=O)/C=C/c1cnn(Cc2ccccc2)c1. The second-order valence-corrected chi connectivity index (χ2v) is 7.08. The minimum atomic E-state index is -4.60. The lowest BCUT2D eigenvalue weighted by molar-refractivity contribution is -0.137. The number of hydrogen-bond donors (Lipinski definition) is 1. The van der Waals surface area contributed by atoms with E-state index < -0.39 is 30.1 Å². The van der Waals surface area contributed by atoms with Crippen LogP contribution < -0.4 is 5.32 Å². The van der Waals surface area contributed by atoms with E-state index in [1.54, 1.807) is 23.2 Å². The zero-order valence-electron chi connectivity index (χ0n) is 17.2. The van der Waals surface area contributed by atoms with Gasteiger partial charge in [0.2, 0.25) is 11.8 Å². The highest BCUT2D eigenvalue weighted by molar-refractivity contribution is 5.98. The summed E-state index contributed by atoms with van der Waals surface area (Å²) in [6.07, 6.45) is 1.62. The summed E-state index contributed by atoms with van der Waals surface area (Å²) < 4.78 is 40.9. The van der Waals surface area contributed by atoms with Crippen LogP contribution in [-0.2, 0) is 22.3 Å². The van der Waals surface area contributed by atoms with Crippen LogP contribution in [0.25, 0.3) is 6.08 Å². The van der Waals surface area contributed by atoms with Crippen LogP contribution in [-0.4, -0.2) is 40.1 Å². The second kappa shape index (κ2) is 9.95. The van der Waals surface area contributed by atoms with E-state index in [0.29, 0.717) is 12.1 Å². The van der Waals surface area contributed by atoms with Gasteiger partial charge in [-0.05, 0) is 23.8 Å². The van der Waals surface area contributed by atoms with Crippen LogP contribution >= 0.6 is 0 Å². The molecule has 0 saturated carbocycles. The van der Waals surface area contributed by atoms with Crippen LogP contribution in [0.4, 0.5) is 18.9 Å². The Morgan fingerprint density at radius 3 is 2.50 bits per heavy atom. The predicted molar refractivity (Wildman–Crippen MR) is 115 cm³/mol. The maximum atomic E-state index is 13.0. The van der Waals surface area contributed by atoms with Gasteiger partial charge in [-0.3, -0.25) is 14.3 Å². The van der Waals surface area contributed by atoms with Crippen molar-refractivity contribution in [3.05, 3.63) is 89.8 Å². The smallest absolute Gasteiger partial charge is 0.333 e. The molecule has 166 valence electrons. The van der Waals surface area contributed by atoms with Gasteiger partial charge in [0.25, 0.3) is 0 Å². The quantitative estimate of drug-likeness (QED) is 0.561. The molecule has 2 amide bonds. The van der Waals surface area contributed by atoms with E-state index in [-0.39, 0.29) is 5.69 Å². The summed E-state index contributed by atoms with van der Waals surface area (Å²) in [5.74, 6) is -1.21. The molecule has 32 heavy (non-hydrogen) atoms. The van der Waals surface area contributed by atoms with Crippen molar-refractivity contribution < 1.29 is 22.8 Å². The normalized spacial score (nSPS) is 11.5. The highest BCUT2D eigenvalue weighted by atomic mass is 19.4. The van der Waals surface area contributed by atoms with Crippen molar-refractivity contribution in [1.82, 2.24) is 14.7 Å². The van der Waals surface area contributed by atoms with Gasteiger partial charge in [-0.15, -0.1) is 0 Å². The first-order chi connectivity index (χ1) is 15.2. The number of rotatable bonds is 7. The molecule has 0 aliphatic rings. The lowest BCUT2D eigenvalue weighted by atomic mass is 10.1. The van der Waals surface area contributed by atoms with Crippen molar-refractivity contribution in [2.75, 3.05) is 18.9 Å². The standard InChI is InChI=1S/C23H21F3N4O2/c1-29(16-21(31)28-20-10-6-5-9-19(20)23(24,25)26)22(32)12-11-18-13-27-30(15-18)14-17-7-3-2-4-8-17/h2-13,15H,14,16H2,1H3,(H,28,31)/b12-11+. The number of alkyl halides is 3. The minimum absolute atomic E-state index is 0.354. The Bertz CT molecular complexity index is 1110. The molecule has 2 aromatic carbocycles. The van der Waals surface area contributed by atoms with Crippen molar-refractivity contribution in [2.45, 2.75) is 12.7 Å². The molecule has 1 heterocycles. The number of carbonyl (C=O) groups excluding carboxylic acids is 2.